The van der Waals surface area contributed by atoms with Gasteiger partial charge < -0.3 is 5.32 Å². The van der Waals surface area contributed by atoms with Crippen molar-refractivity contribution in [1.29, 1.82) is 0 Å². The molecule has 0 saturated carbocycles. The van der Waals surface area contributed by atoms with E-state index in [4.69, 9.17) is 0 Å². The van der Waals surface area contributed by atoms with Gasteiger partial charge in [-0.3, -0.25) is 0 Å². The third-order valence-electron chi connectivity index (χ3n) is 3.30. The number of benzene rings is 2. The Labute approximate surface area is 132 Å². The van der Waals surface area contributed by atoms with E-state index in [-0.39, 0.29) is 0 Å². The fraction of sp³-hybridized carbons (Fsp3) is 0.118. The molecule has 0 aliphatic carbocycles. The Hall–Kier alpha value is -1.91. The molecule has 0 bridgehead atoms. The number of halogens is 1. The highest BCUT2D eigenvalue weighted by Crippen LogP contribution is 2.14. The van der Waals surface area contributed by atoms with Gasteiger partial charge >= 0.3 is 0 Å². The van der Waals surface area contributed by atoms with Crippen molar-refractivity contribution in [1.82, 2.24) is 15.1 Å². The van der Waals surface area contributed by atoms with Crippen LogP contribution in [-0.2, 0) is 13.1 Å². The van der Waals surface area contributed by atoms with Crippen molar-refractivity contribution in [3.8, 4) is 5.69 Å². The third-order valence-corrected chi connectivity index (χ3v) is 3.83. The van der Waals surface area contributed by atoms with E-state index in [0.717, 1.165) is 23.2 Å². The molecule has 3 aromatic rings. The Kier molecular flexibility index (Phi) is 4.48. The predicted molar refractivity (Wildman–Crippen MR) is 88.2 cm³/mol. The van der Waals surface area contributed by atoms with Gasteiger partial charge in [-0.15, -0.1) is 0 Å². The lowest BCUT2D eigenvalue weighted by molar-refractivity contribution is 0.686. The number of aromatic nitrogens is 2. The van der Waals surface area contributed by atoms with Crippen molar-refractivity contribution in [2.45, 2.75) is 13.1 Å². The van der Waals surface area contributed by atoms with E-state index in [1.165, 1.54) is 11.1 Å². The zero-order chi connectivity index (χ0) is 14.5. The zero-order valence-electron chi connectivity index (χ0n) is 11.5. The molecule has 0 spiro atoms. The second kappa shape index (κ2) is 6.70. The predicted octanol–water partition coefficient (Wildman–Crippen LogP) is 3.92. The first-order valence-electron chi connectivity index (χ1n) is 6.86. The minimum absolute atomic E-state index is 0.812. The summed E-state index contributed by atoms with van der Waals surface area (Å²) >= 11 is 3.45. The molecule has 3 rings (SSSR count). The van der Waals surface area contributed by atoms with Gasteiger partial charge in [-0.1, -0.05) is 46.3 Å². The lowest BCUT2D eigenvalue weighted by atomic mass is 10.1. The maximum absolute atomic E-state index is 4.31. The lowest BCUT2D eigenvalue weighted by Gasteiger charge is -2.10. The summed E-state index contributed by atoms with van der Waals surface area (Å²) in [6.45, 7) is 1.66. The summed E-state index contributed by atoms with van der Waals surface area (Å²) in [5.74, 6) is 0. The van der Waals surface area contributed by atoms with Crippen molar-refractivity contribution < 1.29 is 0 Å². The number of nitrogens with one attached hydrogen (secondary N) is 1. The average Bonchev–Trinajstić information content (AvgIpc) is 3.04. The Bertz CT molecular complexity index is 690. The molecular formula is C17H16BrN3. The number of para-hydroxylation sites is 1. The van der Waals surface area contributed by atoms with Gasteiger partial charge in [0.1, 0.15) is 0 Å². The molecule has 0 radical (unpaired) electrons. The first-order chi connectivity index (χ1) is 10.3. The number of hydrogen-bond acceptors (Lipinski definition) is 2. The summed E-state index contributed by atoms with van der Waals surface area (Å²) in [7, 11) is 0. The summed E-state index contributed by atoms with van der Waals surface area (Å²) in [5, 5.41) is 7.79. The van der Waals surface area contributed by atoms with Crippen LogP contribution < -0.4 is 5.32 Å². The van der Waals surface area contributed by atoms with E-state index in [0.29, 0.717) is 0 Å². The van der Waals surface area contributed by atoms with E-state index >= 15 is 0 Å². The molecule has 0 atom stereocenters. The summed E-state index contributed by atoms with van der Waals surface area (Å²) < 4.78 is 3.01. The van der Waals surface area contributed by atoms with E-state index in [9.17, 15) is 0 Å². The summed E-state index contributed by atoms with van der Waals surface area (Å²) in [5.41, 5.74) is 3.62. The van der Waals surface area contributed by atoms with Gasteiger partial charge in [0.25, 0.3) is 0 Å². The Morgan fingerprint density at radius 2 is 1.76 bits per heavy atom. The Morgan fingerprint density at radius 3 is 2.52 bits per heavy atom. The molecule has 1 aromatic heterocycles. The summed E-state index contributed by atoms with van der Waals surface area (Å²) in [4.78, 5) is 0. The largest absolute Gasteiger partial charge is 0.309 e. The molecule has 0 unspecified atom stereocenters. The van der Waals surface area contributed by atoms with E-state index < -0.39 is 0 Å². The molecule has 1 heterocycles. The van der Waals surface area contributed by atoms with Crippen molar-refractivity contribution in [3.63, 3.8) is 0 Å². The molecule has 0 aliphatic heterocycles. The van der Waals surface area contributed by atoms with Gasteiger partial charge in [-0.05, 0) is 35.4 Å². The normalized spacial score (nSPS) is 10.7. The van der Waals surface area contributed by atoms with Crippen molar-refractivity contribution in [3.05, 3.63) is 82.6 Å². The van der Waals surface area contributed by atoms with Crippen LogP contribution in [0.5, 0.6) is 0 Å². The van der Waals surface area contributed by atoms with Crippen LogP contribution in [0.2, 0.25) is 0 Å². The van der Waals surface area contributed by atoms with Gasteiger partial charge in [0, 0.05) is 30.0 Å². The van der Waals surface area contributed by atoms with E-state index in [2.05, 4.69) is 68.8 Å². The molecule has 1 N–H and O–H groups in total. The average molecular weight is 342 g/mol. The standard InChI is InChI=1S/C17H16BrN3/c18-16-8-6-14(7-9-16)12-19-13-15-4-1-2-5-17(15)21-11-3-10-20-21/h1-11,19H,12-13H2. The lowest BCUT2D eigenvalue weighted by Crippen LogP contribution is -2.14. The molecular weight excluding hydrogens is 326 g/mol. The second-order valence-electron chi connectivity index (χ2n) is 4.81. The fourth-order valence-corrected chi connectivity index (χ4v) is 2.50. The van der Waals surface area contributed by atoms with Crippen LogP contribution in [0.15, 0.2) is 71.5 Å². The van der Waals surface area contributed by atoms with Crippen LogP contribution in [0, 0.1) is 0 Å². The molecule has 106 valence electrons. The van der Waals surface area contributed by atoms with Crippen LogP contribution in [-0.4, -0.2) is 9.78 Å². The molecule has 21 heavy (non-hydrogen) atoms. The molecule has 0 amide bonds. The molecule has 2 aromatic carbocycles. The van der Waals surface area contributed by atoms with E-state index in [1.807, 2.05) is 23.0 Å². The second-order valence-corrected chi connectivity index (χ2v) is 5.73. The Balaban J connectivity index is 1.67. The Morgan fingerprint density at radius 1 is 0.952 bits per heavy atom. The summed E-state index contributed by atoms with van der Waals surface area (Å²) in [6, 6.07) is 18.6. The molecule has 0 aliphatic rings. The molecule has 3 nitrogen and oxygen atoms in total. The first-order valence-corrected chi connectivity index (χ1v) is 7.65. The highest BCUT2D eigenvalue weighted by atomic mass is 79.9. The highest BCUT2D eigenvalue weighted by Gasteiger charge is 2.03. The minimum atomic E-state index is 0.812. The highest BCUT2D eigenvalue weighted by molar-refractivity contribution is 9.10. The maximum Gasteiger partial charge on any atom is 0.0690 e. The number of rotatable bonds is 5. The number of nitrogens with zero attached hydrogens (tertiary/aromatic N) is 2. The quantitative estimate of drug-likeness (QED) is 0.762. The molecule has 4 heteroatoms. The first kappa shape index (κ1) is 14.0. The number of hydrogen-bond donors (Lipinski definition) is 1. The smallest absolute Gasteiger partial charge is 0.0690 e. The van der Waals surface area contributed by atoms with Gasteiger partial charge in [0.15, 0.2) is 0 Å². The van der Waals surface area contributed by atoms with Gasteiger partial charge in [-0.25, -0.2) is 4.68 Å². The summed E-state index contributed by atoms with van der Waals surface area (Å²) in [6.07, 6.45) is 3.76. The topological polar surface area (TPSA) is 29.9 Å². The van der Waals surface area contributed by atoms with Gasteiger partial charge in [0.2, 0.25) is 0 Å². The molecule has 0 saturated heterocycles. The zero-order valence-corrected chi connectivity index (χ0v) is 13.1. The van der Waals surface area contributed by atoms with Crippen LogP contribution in [0.1, 0.15) is 11.1 Å². The van der Waals surface area contributed by atoms with Crippen molar-refractivity contribution in [2.75, 3.05) is 0 Å². The fourth-order valence-electron chi connectivity index (χ4n) is 2.24. The van der Waals surface area contributed by atoms with Crippen molar-refractivity contribution >= 4 is 15.9 Å². The minimum Gasteiger partial charge on any atom is -0.309 e. The van der Waals surface area contributed by atoms with Crippen LogP contribution in [0.3, 0.4) is 0 Å². The van der Waals surface area contributed by atoms with Crippen LogP contribution in [0.4, 0.5) is 0 Å². The van der Waals surface area contributed by atoms with Crippen molar-refractivity contribution in [2.24, 2.45) is 0 Å². The van der Waals surface area contributed by atoms with Crippen LogP contribution in [0.25, 0.3) is 5.69 Å². The maximum atomic E-state index is 4.31. The van der Waals surface area contributed by atoms with Gasteiger partial charge in [0.05, 0.1) is 5.69 Å². The third kappa shape index (κ3) is 3.60. The monoisotopic (exact) mass is 341 g/mol. The van der Waals surface area contributed by atoms with Crippen LogP contribution >= 0.6 is 15.9 Å². The molecule has 0 fully saturated rings. The SMILES string of the molecule is Brc1ccc(CNCc2ccccc2-n2cccn2)cc1. The van der Waals surface area contributed by atoms with E-state index in [1.54, 1.807) is 6.20 Å². The van der Waals surface area contributed by atoms with Gasteiger partial charge in [-0.2, -0.15) is 5.10 Å².